The van der Waals surface area contributed by atoms with Gasteiger partial charge in [0.05, 0.1) is 17.2 Å². The molecule has 0 saturated carbocycles. The number of nitrogens with zero attached hydrogens (tertiary/aromatic N) is 1. The Morgan fingerprint density at radius 3 is 2.21 bits per heavy atom. The van der Waals surface area contributed by atoms with Gasteiger partial charge in [0.2, 0.25) is 0 Å². The number of nitriles is 1. The molecular weight excluding hydrogens is 255 g/mol. The third kappa shape index (κ3) is 3.26. The molecule has 0 aliphatic heterocycles. The molecule has 0 atom stereocenters. The van der Waals surface area contributed by atoms with Crippen molar-refractivity contribution >= 4 is 0 Å². The number of rotatable bonds is 2. The van der Waals surface area contributed by atoms with Crippen molar-refractivity contribution in [2.24, 2.45) is 0 Å². The van der Waals surface area contributed by atoms with Crippen LogP contribution in [0.1, 0.15) is 11.1 Å². The van der Waals surface area contributed by atoms with Gasteiger partial charge < -0.3 is 4.74 Å². The van der Waals surface area contributed by atoms with Crippen LogP contribution < -0.4 is 4.74 Å². The van der Waals surface area contributed by atoms with E-state index in [-0.39, 0.29) is 5.75 Å². The van der Waals surface area contributed by atoms with E-state index in [0.717, 1.165) is 12.1 Å². The Bertz CT molecular complexity index is 595. The summed E-state index contributed by atoms with van der Waals surface area (Å²) in [7, 11) is 0. The van der Waals surface area contributed by atoms with E-state index in [4.69, 9.17) is 10.00 Å². The molecule has 0 aliphatic rings. The van der Waals surface area contributed by atoms with Gasteiger partial charge in [-0.3, -0.25) is 0 Å². The van der Waals surface area contributed by atoms with E-state index in [0.29, 0.717) is 11.3 Å². The minimum absolute atomic E-state index is 0.178. The Labute approximate surface area is 107 Å². The predicted molar refractivity (Wildman–Crippen MR) is 61.5 cm³/mol. The van der Waals surface area contributed by atoms with E-state index in [1.807, 2.05) is 6.07 Å². The number of alkyl halides is 3. The average molecular weight is 262 g/mol. The maximum atomic E-state index is 12.3. The van der Waals surface area contributed by atoms with Crippen LogP contribution in [0.3, 0.4) is 0 Å². The van der Waals surface area contributed by atoms with Gasteiger partial charge in [-0.25, -0.2) is 0 Å². The van der Waals surface area contributed by atoms with Crippen LogP contribution in [0.15, 0.2) is 42.5 Å². The lowest BCUT2D eigenvalue weighted by Gasteiger charge is -2.08. The normalized spacial score (nSPS) is 10.8. The molecule has 1 radical (unpaired) electrons. The van der Waals surface area contributed by atoms with E-state index in [9.17, 15) is 13.2 Å². The van der Waals surface area contributed by atoms with E-state index in [1.165, 1.54) is 6.07 Å². The molecule has 2 aromatic rings. The summed E-state index contributed by atoms with van der Waals surface area (Å²) in [5.41, 5.74) is -0.302. The Balaban J connectivity index is 2.13. The summed E-state index contributed by atoms with van der Waals surface area (Å²) in [5.74, 6) is 0.604. The summed E-state index contributed by atoms with van der Waals surface area (Å²) in [6.45, 7) is 0. The minimum atomic E-state index is -4.39. The van der Waals surface area contributed by atoms with E-state index >= 15 is 0 Å². The molecular formula is C14H7F3NO. The largest absolute Gasteiger partial charge is 0.457 e. The van der Waals surface area contributed by atoms with Crippen LogP contribution in [0.25, 0.3) is 0 Å². The van der Waals surface area contributed by atoms with Crippen LogP contribution in [0.2, 0.25) is 0 Å². The average Bonchev–Trinajstić information content (AvgIpc) is 2.39. The number of benzene rings is 2. The third-order valence-electron chi connectivity index (χ3n) is 2.32. The van der Waals surface area contributed by atoms with Gasteiger partial charge in [0.25, 0.3) is 0 Å². The van der Waals surface area contributed by atoms with Gasteiger partial charge in [0, 0.05) is 6.07 Å². The molecule has 0 spiro atoms. The smallest absolute Gasteiger partial charge is 0.416 e. The van der Waals surface area contributed by atoms with Crippen molar-refractivity contribution in [2.45, 2.75) is 6.18 Å². The summed E-state index contributed by atoms with van der Waals surface area (Å²) >= 11 is 0. The van der Waals surface area contributed by atoms with Crippen molar-refractivity contribution in [1.29, 1.82) is 5.26 Å². The van der Waals surface area contributed by atoms with Crippen LogP contribution in [0, 0.1) is 17.4 Å². The molecule has 0 fully saturated rings. The minimum Gasteiger partial charge on any atom is -0.457 e. The quantitative estimate of drug-likeness (QED) is 0.813. The van der Waals surface area contributed by atoms with Gasteiger partial charge in [0.1, 0.15) is 11.5 Å². The zero-order valence-corrected chi connectivity index (χ0v) is 9.53. The number of halogens is 3. The monoisotopic (exact) mass is 262 g/mol. The zero-order valence-electron chi connectivity index (χ0n) is 9.53. The molecule has 19 heavy (non-hydrogen) atoms. The highest BCUT2D eigenvalue weighted by atomic mass is 19.4. The number of ether oxygens (including phenoxy) is 1. The fraction of sp³-hybridized carbons (Fsp3) is 0.0714. The molecule has 0 aliphatic carbocycles. The molecule has 0 heterocycles. The first-order valence-corrected chi connectivity index (χ1v) is 5.26. The highest BCUT2D eigenvalue weighted by Gasteiger charge is 2.30. The van der Waals surface area contributed by atoms with Gasteiger partial charge in [0.15, 0.2) is 0 Å². The first-order chi connectivity index (χ1) is 8.99. The van der Waals surface area contributed by atoms with Crippen LogP contribution in [-0.2, 0) is 6.18 Å². The molecule has 0 unspecified atom stereocenters. The Morgan fingerprint density at radius 1 is 1.05 bits per heavy atom. The van der Waals surface area contributed by atoms with Crippen LogP contribution >= 0.6 is 0 Å². The van der Waals surface area contributed by atoms with Gasteiger partial charge in [-0.15, -0.1) is 0 Å². The fourth-order valence-corrected chi connectivity index (χ4v) is 1.37. The molecule has 2 rings (SSSR count). The van der Waals surface area contributed by atoms with Crippen LogP contribution in [-0.4, -0.2) is 0 Å². The molecule has 2 aromatic carbocycles. The van der Waals surface area contributed by atoms with Crippen LogP contribution in [0.5, 0.6) is 11.5 Å². The fourth-order valence-electron chi connectivity index (χ4n) is 1.37. The van der Waals surface area contributed by atoms with Crippen molar-refractivity contribution in [2.75, 3.05) is 0 Å². The summed E-state index contributed by atoms with van der Waals surface area (Å²) in [5, 5.41) is 8.62. The second kappa shape index (κ2) is 5.02. The Morgan fingerprint density at radius 2 is 1.74 bits per heavy atom. The van der Waals surface area contributed by atoms with Crippen molar-refractivity contribution < 1.29 is 17.9 Å². The lowest BCUT2D eigenvalue weighted by atomic mass is 10.2. The Hall–Kier alpha value is -2.48. The van der Waals surface area contributed by atoms with Crippen molar-refractivity contribution in [3.8, 4) is 17.6 Å². The topological polar surface area (TPSA) is 33.0 Å². The highest BCUT2D eigenvalue weighted by molar-refractivity contribution is 5.37. The first kappa shape index (κ1) is 13.0. The van der Waals surface area contributed by atoms with Crippen molar-refractivity contribution in [1.82, 2.24) is 0 Å². The molecule has 0 saturated heterocycles. The summed E-state index contributed by atoms with van der Waals surface area (Å²) in [6, 6.07) is 13.6. The van der Waals surface area contributed by atoms with Crippen molar-refractivity contribution in [3.63, 3.8) is 0 Å². The summed E-state index contributed by atoms with van der Waals surface area (Å²) in [4.78, 5) is 0. The maximum absolute atomic E-state index is 12.3. The van der Waals surface area contributed by atoms with Gasteiger partial charge >= 0.3 is 6.18 Å². The summed E-state index contributed by atoms with van der Waals surface area (Å²) < 4.78 is 42.3. The SMILES string of the molecule is N#Cc1ccc(Oc2[c]cc(C(F)(F)F)cc2)cc1. The van der Waals surface area contributed by atoms with E-state index in [1.54, 1.807) is 24.3 Å². The van der Waals surface area contributed by atoms with Gasteiger partial charge in [-0.05, 0) is 42.5 Å². The molecule has 0 aromatic heterocycles. The van der Waals surface area contributed by atoms with Crippen molar-refractivity contribution in [3.05, 3.63) is 59.7 Å². The molecule has 0 N–H and O–H groups in total. The lowest BCUT2D eigenvalue weighted by molar-refractivity contribution is -0.137. The Kier molecular flexibility index (Phi) is 3.43. The maximum Gasteiger partial charge on any atom is 0.416 e. The van der Waals surface area contributed by atoms with Gasteiger partial charge in [-0.1, -0.05) is 0 Å². The second-order valence-corrected chi connectivity index (χ2v) is 3.68. The number of hydrogen-bond acceptors (Lipinski definition) is 2. The highest BCUT2D eigenvalue weighted by Crippen LogP contribution is 2.31. The zero-order chi connectivity index (χ0) is 13.9. The predicted octanol–water partition coefficient (Wildman–Crippen LogP) is 4.17. The summed E-state index contributed by atoms with van der Waals surface area (Å²) in [6.07, 6.45) is -4.39. The van der Waals surface area contributed by atoms with E-state index < -0.39 is 11.7 Å². The molecule has 0 amide bonds. The first-order valence-electron chi connectivity index (χ1n) is 5.26. The standard InChI is InChI=1S/C14H7F3NO/c15-14(16,17)11-3-7-13(8-4-11)19-12-5-1-10(9-18)2-6-12/h1-7H. The molecule has 2 nitrogen and oxygen atoms in total. The lowest BCUT2D eigenvalue weighted by Crippen LogP contribution is -2.04. The molecule has 0 bridgehead atoms. The molecule has 95 valence electrons. The van der Waals surface area contributed by atoms with E-state index in [2.05, 4.69) is 6.07 Å². The second-order valence-electron chi connectivity index (χ2n) is 3.68. The third-order valence-corrected chi connectivity index (χ3v) is 2.32. The van der Waals surface area contributed by atoms with Crippen LogP contribution in [0.4, 0.5) is 13.2 Å². The molecule has 5 heteroatoms. The number of hydrogen-bond donors (Lipinski definition) is 0. The van der Waals surface area contributed by atoms with Gasteiger partial charge in [-0.2, -0.15) is 18.4 Å².